The highest BCUT2D eigenvalue weighted by molar-refractivity contribution is 7.91. The average molecular weight is 510 g/mol. The number of carbonyl (C=O) groups excluding carboxylic acids is 1. The number of para-hydroxylation sites is 1. The summed E-state index contributed by atoms with van der Waals surface area (Å²) in [6, 6.07) is 15.9. The van der Waals surface area contributed by atoms with Gasteiger partial charge in [-0.25, -0.2) is 8.42 Å². The van der Waals surface area contributed by atoms with Crippen molar-refractivity contribution in [2.75, 3.05) is 44.4 Å². The van der Waals surface area contributed by atoms with Gasteiger partial charge in [0.05, 0.1) is 30.2 Å². The first kappa shape index (κ1) is 24.7. The molecule has 2 fully saturated rings. The number of sulfone groups is 1. The van der Waals surface area contributed by atoms with E-state index in [2.05, 4.69) is 33.4 Å². The molecule has 3 aromatic rings. The van der Waals surface area contributed by atoms with Gasteiger partial charge >= 0.3 is 0 Å². The molecule has 9 heteroatoms. The number of pyridine rings is 1. The van der Waals surface area contributed by atoms with Crippen LogP contribution >= 0.6 is 0 Å². The lowest BCUT2D eigenvalue weighted by Crippen LogP contribution is -2.38. The van der Waals surface area contributed by atoms with Crippen LogP contribution in [0.4, 0.5) is 0 Å². The third-order valence-corrected chi connectivity index (χ3v) is 8.44. The lowest BCUT2D eigenvalue weighted by atomic mass is 9.98. The van der Waals surface area contributed by atoms with Crippen LogP contribution in [-0.4, -0.2) is 74.7 Å². The van der Waals surface area contributed by atoms with Crippen LogP contribution in [0.5, 0.6) is 5.75 Å². The zero-order valence-corrected chi connectivity index (χ0v) is 21.2. The van der Waals surface area contributed by atoms with Gasteiger partial charge in [0.1, 0.15) is 5.75 Å². The number of carbonyl (C=O) groups is 1. The largest absolute Gasteiger partial charge is 0.483 e. The highest BCUT2D eigenvalue weighted by Gasteiger charge is 2.29. The number of hydrogen-bond donors (Lipinski definition) is 1. The number of morpholine rings is 1. The van der Waals surface area contributed by atoms with Crippen molar-refractivity contribution < 1.29 is 22.7 Å². The van der Waals surface area contributed by atoms with Gasteiger partial charge in [0.2, 0.25) is 0 Å². The first-order chi connectivity index (χ1) is 17.4. The maximum Gasteiger partial charge on any atom is 0.258 e. The Bertz CT molecular complexity index is 1370. The summed E-state index contributed by atoms with van der Waals surface area (Å²) in [7, 11) is -3.06. The standard InChI is InChI=1S/C27H31N3O5S/c1-19-14-24(23-4-2-3-5-25(23)28-19)20-6-7-26(21(15-20)16-30-9-11-34-12-10-30)35-17-27(31)29-22-8-13-36(32,33)18-22/h2-7,14-15,22H,8-13,16-18H2,1H3,(H,29,31)/t22-/m0/s1. The van der Waals surface area contributed by atoms with Crippen LogP contribution in [0, 0.1) is 6.92 Å². The lowest BCUT2D eigenvalue weighted by Gasteiger charge is -2.27. The minimum absolute atomic E-state index is 0.00494. The molecule has 5 rings (SSSR count). The highest BCUT2D eigenvalue weighted by atomic mass is 32.2. The van der Waals surface area contributed by atoms with Crippen molar-refractivity contribution >= 4 is 26.6 Å². The Balaban J connectivity index is 1.39. The molecule has 0 unspecified atom stereocenters. The predicted molar refractivity (Wildman–Crippen MR) is 139 cm³/mol. The third-order valence-electron chi connectivity index (χ3n) is 6.67. The first-order valence-electron chi connectivity index (χ1n) is 12.3. The highest BCUT2D eigenvalue weighted by Crippen LogP contribution is 2.32. The molecule has 1 aromatic heterocycles. The second-order valence-electron chi connectivity index (χ2n) is 9.50. The number of aryl methyl sites for hydroxylation is 1. The Morgan fingerprint density at radius 3 is 2.75 bits per heavy atom. The van der Waals surface area contributed by atoms with Gasteiger partial charge in [-0.1, -0.05) is 24.3 Å². The first-order valence-corrected chi connectivity index (χ1v) is 14.1. The molecule has 2 aliphatic rings. The maximum atomic E-state index is 12.5. The number of nitrogens with zero attached hydrogens (tertiary/aromatic N) is 2. The molecule has 1 N–H and O–H groups in total. The fourth-order valence-electron chi connectivity index (χ4n) is 4.88. The second kappa shape index (κ2) is 10.5. The number of ether oxygens (including phenoxy) is 2. The second-order valence-corrected chi connectivity index (χ2v) is 11.7. The van der Waals surface area contributed by atoms with Crippen molar-refractivity contribution in [3.63, 3.8) is 0 Å². The van der Waals surface area contributed by atoms with Gasteiger partial charge in [0.15, 0.2) is 16.4 Å². The van der Waals surface area contributed by atoms with Gasteiger partial charge in [-0.3, -0.25) is 14.7 Å². The van der Waals surface area contributed by atoms with E-state index in [-0.39, 0.29) is 30.1 Å². The van der Waals surface area contributed by atoms with E-state index in [0.717, 1.165) is 46.4 Å². The molecule has 0 bridgehead atoms. The zero-order chi connectivity index (χ0) is 25.1. The van der Waals surface area contributed by atoms with Gasteiger partial charge < -0.3 is 14.8 Å². The van der Waals surface area contributed by atoms with E-state index >= 15 is 0 Å². The molecule has 3 heterocycles. The van der Waals surface area contributed by atoms with E-state index in [4.69, 9.17) is 9.47 Å². The number of fused-ring (bicyclic) bond motifs is 1. The van der Waals surface area contributed by atoms with Crippen LogP contribution in [0.1, 0.15) is 17.7 Å². The number of amides is 1. The van der Waals surface area contributed by atoms with Gasteiger partial charge in [0, 0.05) is 42.3 Å². The van der Waals surface area contributed by atoms with E-state index in [1.807, 2.05) is 37.3 Å². The maximum absolute atomic E-state index is 12.5. The molecule has 8 nitrogen and oxygen atoms in total. The van der Waals surface area contributed by atoms with Crippen LogP contribution in [0.2, 0.25) is 0 Å². The molecule has 2 aromatic carbocycles. The molecular formula is C27H31N3O5S. The zero-order valence-electron chi connectivity index (χ0n) is 20.4. The Kier molecular flexibility index (Phi) is 7.22. The summed E-state index contributed by atoms with van der Waals surface area (Å²) in [4.78, 5) is 19.5. The van der Waals surface area contributed by atoms with E-state index in [1.165, 1.54) is 0 Å². The van der Waals surface area contributed by atoms with E-state index in [9.17, 15) is 13.2 Å². The summed E-state index contributed by atoms with van der Waals surface area (Å²) in [6.45, 7) is 5.55. The molecule has 0 radical (unpaired) electrons. The molecule has 190 valence electrons. The minimum Gasteiger partial charge on any atom is -0.483 e. The molecule has 1 amide bonds. The monoisotopic (exact) mass is 509 g/mol. The fraction of sp³-hybridized carbons (Fsp3) is 0.407. The summed E-state index contributed by atoms with van der Waals surface area (Å²) in [5.41, 5.74) is 5.06. The number of hydrogen-bond acceptors (Lipinski definition) is 7. The third kappa shape index (κ3) is 5.86. The molecule has 0 saturated carbocycles. The van der Waals surface area contributed by atoms with Crippen molar-refractivity contribution in [3.8, 4) is 16.9 Å². The molecule has 0 spiro atoms. The van der Waals surface area contributed by atoms with Crippen LogP contribution < -0.4 is 10.1 Å². The van der Waals surface area contributed by atoms with Gasteiger partial charge in [-0.2, -0.15) is 0 Å². The molecule has 36 heavy (non-hydrogen) atoms. The van der Waals surface area contributed by atoms with Crippen molar-refractivity contribution in [2.45, 2.75) is 25.9 Å². The SMILES string of the molecule is Cc1cc(-c2ccc(OCC(=O)N[C@H]3CCS(=O)(=O)C3)c(CN3CCOCC3)c2)c2ccccc2n1. The van der Waals surface area contributed by atoms with Gasteiger partial charge in [0.25, 0.3) is 5.91 Å². The molecular weight excluding hydrogens is 478 g/mol. The number of nitrogens with one attached hydrogen (secondary N) is 1. The topological polar surface area (TPSA) is 97.8 Å². The summed E-state index contributed by atoms with van der Waals surface area (Å²) >= 11 is 0. The van der Waals surface area contributed by atoms with Gasteiger partial charge in [-0.05, 0) is 48.7 Å². The van der Waals surface area contributed by atoms with Crippen LogP contribution in [0.3, 0.4) is 0 Å². The van der Waals surface area contributed by atoms with E-state index in [0.29, 0.717) is 31.9 Å². The van der Waals surface area contributed by atoms with Crippen LogP contribution in [0.25, 0.3) is 22.0 Å². The Morgan fingerprint density at radius 2 is 1.97 bits per heavy atom. The lowest BCUT2D eigenvalue weighted by molar-refractivity contribution is -0.123. The number of benzene rings is 2. The molecule has 2 aliphatic heterocycles. The van der Waals surface area contributed by atoms with Crippen molar-refractivity contribution in [1.82, 2.24) is 15.2 Å². The normalized spacial score (nSPS) is 19.9. The van der Waals surface area contributed by atoms with Crippen molar-refractivity contribution in [2.24, 2.45) is 0 Å². The summed E-state index contributed by atoms with van der Waals surface area (Å²) < 4.78 is 34.9. The van der Waals surface area contributed by atoms with Gasteiger partial charge in [-0.15, -0.1) is 0 Å². The Hall–Kier alpha value is -3.01. The Labute approximate surface area is 211 Å². The summed E-state index contributed by atoms with van der Waals surface area (Å²) in [5, 5.41) is 3.88. The van der Waals surface area contributed by atoms with E-state index in [1.54, 1.807) is 0 Å². The summed E-state index contributed by atoms with van der Waals surface area (Å²) in [6.07, 6.45) is 0.449. The molecule has 1 atom stereocenters. The Morgan fingerprint density at radius 1 is 1.17 bits per heavy atom. The number of aromatic nitrogens is 1. The smallest absolute Gasteiger partial charge is 0.258 e. The average Bonchev–Trinajstić information content (AvgIpc) is 3.21. The molecule has 2 saturated heterocycles. The van der Waals surface area contributed by atoms with Crippen LogP contribution in [-0.2, 0) is 25.9 Å². The number of rotatable bonds is 7. The van der Waals surface area contributed by atoms with Crippen molar-refractivity contribution in [3.05, 3.63) is 59.8 Å². The van der Waals surface area contributed by atoms with E-state index < -0.39 is 9.84 Å². The van der Waals surface area contributed by atoms with Crippen molar-refractivity contribution in [1.29, 1.82) is 0 Å². The van der Waals surface area contributed by atoms with Crippen LogP contribution in [0.15, 0.2) is 48.5 Å². The minimum atomic E-state index is -3.06. The summed E-state index contributed by atoms with van der Waals surface area (Å²) in [5.74, 6) is 0.450. The molecule has 0 aliphatic carbocycles. The quantitative estimate of drug-likeness (QED) is 0.523. The fourth-order valence-corrected chi connectivity index (χ4v) is 6.55. The predicted octanol–water partition coefficient (Wildman–Crippen LogP) is 2.72.